The summed E-state index contributed by atoms with van der Waals surface area (Å²) < 4.78 is 26.8. The minimum absolute atomic E-state index is 0.180. The van der Waals surface area contributed by atoms with Crippen LogP contribution in [0.5, 0.6) is 0 Å². The number of hydrogen-bond donors (Lipinski definition) is 1. The van der Waals surface area contributed by atoms with E-state index >= 15 is 0 Å². The van der Waals surface area contributed by atoms with Crippen molar-refractivity contribution in [3.8, 4) is 0 Å². The van der Waals surface area contributed by atoms with Crippen LogP contribution in [-0.2, 0) is 16.4 Å². The van der Waals surface area contributed by atoms with E-state index < -0.39 is 10.0 Å². The molecule has 0 saturated heterocycles. The molecule has 0 fully saturated rings. The molecule has 0 atom stereocenters. The number of halogens is 1. The molecule has 0 spiro atoms. The molecule has 2 rings (SSSR count). The fourth-order valence-electron chi connectivity index (χ4n) is 1.70. The molecule has 6 heteroatoms. The number of hydrogen-bond acceptors (Lipinski definition) is 3. The average molecular weight is 311 g/mol. The summed E-state index contributed by atoms with van der Waals surface area (Å²) in [6, 6.07) is 8.43. The Kier molecular flexibility index (Phi) is 4.75. The zero-order valence-electron chi connectivity index (χ0n) is 11.0. The highest BCUT2D eigenvalue weighted by Gasteiger charge is 2.14. The highest BCUT2D eigenvalue weighted by Crippen LogP contribution is 2.19. The van der Waals surface area contributed by atoms with Gasteiger partial charge in [0.2, 0.25) is 10.0 Å². The summed E-state index contributed by atoms with van der Waals surface area (Å²) in [5.74, 6) is 0. The maximum Gasteiger partial charge on any atom is 0.240 e. The van der Waals surface area contributed by atoms with Gasteiger partial charge in [-0.25, -0.2) is 13.1 Å². The normalized spacial score (nSPS) is 11.5. The van der Waals surface area contributed by atoms with E-state index in [4.69, 9.17) is 11.6 Å². The number of sulfonamides is 1. The molecule has 1 aromatic carbocycles. The van der Waals surface area contributed by atoms with Crippen LogP contribution in [-0.4, -0.2) is 19.9 Å². The van der Waals surface area contributed by atoms with Crippen LogP contribution in [0.25, 0.3) is 0 Å². The van der Waals surface area contributed by atoms with Crippen molar-refractivity contribution in [2.45, 2.75) is 18.2 Å². The van der Waals surface area contributed by atoms with Crippen molar-refractivity contribution in [3.05, 3.63) is 58.9 Å². The van der Waals surface area contributed by atoms with Crippen molar-refractivity contribution < 1.29 is 8.42 Å². The lowest BCUT2D eigenvalue weighted by molar-refractivity contribution is 0.581. The minimum atomic E-state index is -3.52. The number of nitrogens with one attached hydrogen (secondary N) is 1. The Hall–Kier alpha value is -1.43. The van der Waals surface area contributed by atoms with Crippen molar-refractivity contribution >= 4 is 21.6 Å². The maximum atomic E-state index is 12.1. The highest BCUT2D eigenvalue weighted by atomic mass is 35.5. The first-order valence-electron chi connectivity index (χ1n) is 6.14. The van der Waals surface area contributed by atoms with Gasteiger partial charge in [0, 0.05) is 24.0 Å². The Balaban J connectivity index is 2.02. The quantitative estimate of drug-likeness (QED) is 0.923. The van der Waals surface area contributed by atoms with Gasteiger partial charge in [-0.1, -0.05) is 23.7 Å². The number of rotatable bonds is 5. The van der Waals surface area contributed by atoms with Crippen molar-refractivity contribution in [2.24, 2.45) is 0 Å². The SMILES string of the molecule is Cc1ccc(S(=O)(=O)NCCc2cccnc2)cc1Cl. The Morgan fingerprint density at radius 1 is 1.30 bits per heavy atom. The summed E-state index contributed by atoms with van der Waals surface area (Å²) in [5.41, 5.74) is 1.83. The fourth-order valence-corrected chi connectivity index (χ4v) is 3.00. The molecule has 0 radical (unpaired) electrons. The van der Waals surface area contributed by atoms with E-state index in [9.17, 15) is 8.42 Å². The van der Waals surface area contributed by atoms with Crippen LogP contribution in [0.1, 0.15) is 11.1 Å². The first-order chi connectivity index (χ1) is 9.49. The first-order valence-corrected chi connectivity index (χ1v) is 8.00. The lowest BCUT2D eigenvalue weighted by Crippen LogP contribution is -2.26. The first kappa shape index (κ1) is 15.0. The second-order valence-electron chi connectivity index (χ2n) is 4.42. The van der Waals surface area contributed by atoms with Crippen molar-refractivity contribution in [3.63, 3.8) is 0 Å². The summed E-state index contributed by atoms with van der Waals surface area (Å²) >= 11 is 5.95. The van der Waals surface area contributed by atoms with Crippen LogP contribution in [0.3, 0.4) is 0 Å². The van der Waals surface area contributed by atoms with E-state index in [1.165, 1.54) is 6.07 Å². The van der Waals surface area contributed by atoms with E-state index in [1.54, 1.807) is 24.5 Å². The van der Waals surface area contributed by atoms with Crippen LogP contribution in [0, 0.1) is 6.92 Å². The molecule has 2 aromatic rings. The summed E-state index contributed by atoms with van der Waals surface area (Å²) in [4.78, 5) is 4.16. The molecule has 1 aromatic heterocycles. The summed E-state index contributed by atoms with van der Waals surface area (Å²) in [7, 11) is -3.52. The molecule has 20 heavy (non-hydrogen) atoms. The van der Waals surface area contributed by atoms with Crippen LogP contribution in [0.15, 0.2) is 47.6 Å². The standard InChI is InChI=1S/C14H15ClN2O2S/c1-11-4-5-13(9-14(11)15)20(18,19)17-8-6-12-3-2-7-16-10-12/h2-5,7,9-10,17H,6,8H2,1H3. The summed E-state index contributed by atoms with van der Waals surface area (Å²) in [6.45, 7) is 2.15. The molecule has 0 amide bonds. The van der Waals surface area contributed by atoms with Crippen LogP contribution in [0.4, 0.5) is 0 Å². The predicted octanol–water partition coefficient (Wildman–Crippen LogP) is 2.56. The lowest BCUT2D eigenvalue weighted by atomic mass is 10.2. The third-order valence-corrected chi connectivity index (χ3v) is 4.75. The van der Waals surface area contributed by atoms with Crippen molar-refractivity contribution in [2.75, 3.05) is 6.54 Å². The van der Waals surface area contributed by atoms with E-state index in [1.807, 2.05) is 19.1 Å². The van der Waals surface area contributed by atoms with Crippen LogP contribution < -0.4 is 4.72 Å². The molecule has 1 N–H and O–H groups in total. The average Bonchev–Trinajstić information content (AvgIpc) is 2.43. The van der Waals surface area contributed by atoms with E-state index in [0.717, 1.165) is 11.1 Å². The molecule has 1 heterocycles. The van der Waals surface area contributed by atoms with Gasteiger partial charge in [-0.2, -0.15) is 0 Å². The monoisotopic (exact) mass is 310 g/mol. The lowest BCUT2D eigenvalue weighted by Gasteiger charge is -2.08. The minimum Gasteiger partial charge on any atom is -0.264 e. The fraction of sp³-hybridized carbons (Fsp3) is 0.214. The maximum absolute atomic E-state index is 12.1. The third-order valence-electron chi connectivity index (χ3n) is 2.88. The molecule has 0 aliphatic rings. The Bertz CT molecular complexity index is 688. The molecule has 0 saturated carbocycles. The molecule has 106 valence electrons. The molecule has 0 aliphatic carbocycles. The van der Waals surface area contributed by atoms with Gasteiger partial charge in [-0.05, 0) is 42.7 Å². The highest BCUT2D eigenvalue weighted by molar-refractivity contribution is 7.89. The summed E-state index contributed by atoms with van der Waals surface area (Å²) in [5, 5.41) is 0.445. The third kappa shape index (κ3) is 3.79. The molecule has 0 bridgehead atoms. The number of aromatic nitrogens is 1. The van der Waals surface area contributed by atoms with Crippen molar-refractivity contribution in [1.29, 1.82) is 0 Å². The number of benzene rings is 1. The van der Waals surface area contributed by atoms with E-state index in [2.05, 4.69) is 9.71 Å². The largest absolute Gasteiger partial charge is 0.264 e. The van der Waals surface area contributed by atoms with E-state index in [0.29, 0.717) is 18.0 Å². The molecular formula is C14H15ClN2O2S. The van der Waals surface area contributed by atoms with Gasteiger partial charge in [0.25, 0.3) is 0 Å². The van der Waals surface area contributed by atoms with Crippen LogP contribution in [0.2, 0.25) is 5.02 Å². The molecule has 0 unspecified atom stereocenters. The van der Waals surface area contributed by atoms with Gasteiger partial charge in [0.15, 0.2) is 0 Å². The van der Waals surface area contributed by atoms with E-state index in [-0.39, 0.29) is 4.90 Å². The number of aryl methyl sites for hydroxylation is 1. The zero-order valence-corrected chi connectivity index (χ0v) is 12.6. The number of pyridine rings is 1. The molecule has 4 nitrogen and oxygen atoms in total. The van der Waals surface area contributed by atoms with Gasteiger partial charge < -0.3 is 0 Å². The Morgan fingerprint density at radius 3 is 2.75 bits per heavy atom. The van der Waals surface area contributed by atoms with Gasteiger partial charge in [-0.3, -0.25) is 4.98 Å². The second kappa shape index (κ2) is 6.35. The zero-order chi connectivity index (χ0) is 14.6. The second-order valence-corrected chi connectivity index (χ2v) is 6.59. The Labute approximate surface area is 123 Å². The summed E-state index contributed by atoms with van der Waals surface area (Å²) in [6.07, 6.45) is 3.99. The smallest absolute Gasteiger partial charge is 0.240 e. The Morgan fingerprint density at radius 2 is 2.10 bits per heavy atom. The van der Waals surface area contributed by atoms with Gasteiger partial charge in [-0.15, -0.1) is 0 Å². The molecule has 0 aliphatic heterocycles. The van der Waals surface area contributed by atoms with Gasteiger partial charge >= 0.3 is 0 Å². The van der Waals surface area contributed by atoms with Gasteiger partial charge in [0.05, 0.1) is 4.90 Å². The predicted molar refractivity (Wildman–Crippen MR) is 79.3 cm³/mol. The number of nitrogens with zero attached hydrogens (tertiary/aromatic N) is 1. The van der Waals surface area contributed by atoms with Gasteiger partial charge in [0.1, 0.15) is 0 Å². The van der Waals surface area contributed by atoms with Crippen LogP contribution >= 0.6 is 11.6 Å². The molecular weight excluding hydrogens is 296 g/mol. The van der Waals surface area contributed by atoms with Crippen molar-refractivity contribution in [1.82, 2.24) is 9.71 Å². The topological polar surface area (TPSA) is 59.1 Å².